The Morgan fingerprint density at radius 1 is 0.968 bits per heavy atom. The Hall–Kier alpha value is -3.53. The summed E-state index contributed by atoms with van der Waals surface area (Å²) >= 11 is 1.15. The van der Waals surface area contributed by atoms with Gasteiger partial charge in [-0.25, -0.2) is 0 Å². The molecule has 0 aliphatic heterocycles. The average molecular weight is 442 g/mol. The van der Waals surface area contributed by atoms with E-state index in [0.717, 1.165) is 11.8 Å². The molecule has 2 aromatic carbocycles. The molecule has 10 heteroatoms. The number of rotatable bonds is 8. The molecular weight excluding hydrogens is 420 g/mol. The van der Waals surface area contributed by atoms with Crippen molar-refractivity contribution >= 4 is 35.0 Å². The molecule has 162 valence electrons. The maximum absolute atomic E-state index is 12.5. The van der Waals surface area contributed by atoms with E-state index < -0.39 is 5.25 Å². The van der Waals surface area contributed by atoms with Crippen LogP contribution in [0.5, 0.6) is 11.5 Å². The van der Waals surface area contributed by atoms with Gasteiger partial charge in [-0.15, -0.1) is 10.2 Å². The molecule has 0 radical (unpaired) electrons. The van der Waals surface area contributed by atoms with Crippen LogP contribution in [-0.2, 0) is 9.59 Å². The number of carbonyl (C=O) groups is 2. The summed E-state index contributed by atoms with van der Waals surface area (Å²) in [5, 5.41) is 13.3. The molecule has 3 rings (SSSR count). The fourth-order valence-electron chi connectivity index (χ4n) is 2.59. The smallest absolute Gasteiger partial charge is 0.277 e. The average Bonchev–Trinajstić information content (AvgIpc) is 3.22. The lowest BCUT2D eigenvalue weighted by atomic mass is 10.2. The van der Waals surface area contributed by atoms with Gasteiger partial charge in [0.05, 0.1) is 19.5 Å². The van der Waals surface area contributed by atoms with Gasteiger partial charge in [0.1, 0.15) is 11.5 Å². The predicted molar refractivity (Wildman–Crippen MR) is 118 cm³/mol. The molecule has 9 nitrogen and oxygen atoms in total. The summed E-state index contributed by atoms with van der Waals surface area (Å²) in [6, 6.07) is 12.1. The number of methoxy groups -OCH3 is 2. The lowest BCUT2D eigenvalue weighted by Crippen LogP contribution is -2.22. The number of benzene rings is 2. The zero-order chi connectivity index (χ0) is 22.4. The Morgan fingerprint density at radius 2 is 1.55 bits per heavy atom. The molecule has 3 aromatic rings. The largest absolute Gasteiger partial charge is 0.497 e. The number of thioether (sulfide) groups is 1. The number of nitrogens with one attached hydrogen (secondary N) is 2. The Kier molecular flexibility index (Phi) is 7.14. The highest BCUT2D eigenvalue weighted by Crippen LogP contribution is 2.31. The minimum atomic E-state index is -0.483. The van der Waals surface area contributed by atoms with Gasteiger partial charge < -0.3 is 24.5 Å². The van der Waals surface area contributed by atoms with Crippen LogP contribution in [0.25, 0.3) is 11.5 Å². The quantitative estimate of drug-likeness (QED) is 0.506. The van der Waals surface area contributed by atoms with Crippen LogP contribution < -0.4 is 20.1 Å². The first kappa shape index (κ1) is 22.2. The van der Waals surface area contributed by atoms with E-state index in [1.807, 2.05) is 0 Å². The normalized spacial score (nSPS) is 11.5. The third-order valence-electron chi connectivity index (χ3n) is 4.12. The lowest BCUT2D eigenvalue weighted by molar-refractivity contribution is -0.115. The van der Waals surface area contributed by atoms with Crippen LogP contribution in [0.15, 0.2) is 52.1 Å². The van der Waals surface area contributed by atoms with Crippen LogP contribution in [0.3, 0.4) is 0 Å². The van der Waals surface area contributed by atoms with E-state index in [1.54, 1.807) is 63.6 Å². The third kappa shape index (κ3) is 5.98. The molecule has 1 unspecified atom stereocenters. The fourth-order valence-corrected chi connectivity index (χ4v) is 3.28. The Balaban J connectivity index is 1.63. The van der Waals surface area contributed by atoms with Crippen molar-refractivity contribution in [1.29, 1.82) is 0 Å². The van der Waals surface area contributed by atoms with Crippen LogP contribution in [0.1, 0.15) is 13.8 Å². The second kappa shape index (κ2) is 9.98. The molecule has 0 aliphatic rings. The van der Waals surface area contributed by atoms with E-state index in [1.165, 1.54) is 6.92 Å². The summed E-state index contributed by atoms with van der Waals surface area (Å²) in [6.45, 7) is 3.17. The minimum absolute atomic E-state index is 0.159. The van der Waals surface area contributed by atoms with E-state index in [9.17, 15) is 9.59 Å². The predicted octanol–water partition coefficient (Wildman–Crippen LogP) is 3.83. The molecule has 0 fully saturated rings. The fraction of sp³-hybridized carbons (Fsp3) is 0.238. The topological polar surface area (TPSA) is 116 Å². The number of amides is 2. The van der Waals surface area contributed by atoms with Crippen LogP contribution in [0.2, 0.25) is 0 Å². The van der Waals surface area contributed by atoms with Gasteiger partial charge in [0.25, 0.3) is 5.22 Å². The van der Waals surface area contributed by atoms with Gasteiger partial charge in [-0.3, -0.25) is 9.59 Å². The summed E-state index contributed by atoms with van der Waals surface area (Å²) < 4.78 is 16.2. The van der Waals surface area contributed by atoms with Crippen molar-refractivity contribution < 1.29 is 23.5 Å². The van der Waals surface area contributed by atoms with Crippen molar-refractivity contribution in [3.63, 3.8) is 0 Å². The summed E-state index contributed by atoms with van der Waals surface area (Å²) in [7, 11) is 3.11. The number of ether oxygens (including phenoxy) is 2. The zero-order valence-electron chi connectivity index (χ0n) is 17.5. The maximum atomic E-state index is 12.5. The van der Waals surface area contributed by atoms with Gasteiger partial charge >= 0.3 is 0 Å². The SMILES string of the molecule is COc1cc(OC)cc(-c2nnc(SC(C)C(=O)Nc3ccc(NC(C)=O)cc3)o2)c1. The van der Waals surface area contributed by atoms with Crippen molar-refractivity contribution in [3.05, 3.63) is 42.5 Å². The number of hydrogen-bond acceptors (Lipinski definition) is 8. The molecule has 1 aromatic heterocycles. The molecule has 0 spiro atoms. The summed E-state index contributed by atoms with van der Waals surface area (Å²) in [5.41, 5.74) is 1.91. The van der Waals surface area contributed by atoms with Crippen molar-refractivity contribution in [2.75, 3.05) is 24.9 Å². The Bertz CT molecular complexity index is 1050. The first-order chi connectivity index (χ1) is 14.9. The van der Waals surface area contributed by atoms with Gasteiger partial charge in [-0.05, 0) is 43.3 Å². The van der Waals surface area contributed by atoms with Crippen LogP contribution in [-0.4, -0.2) is 41.5 Å². The van der Waals surface area contributed by atoms with Crippen LogP contribution in [0.4, 0.5) is 11.4 Å². The van der Waals surface area contributed by atoms with Crippen molar-refractivity contribution in [2.24, 2.45) is 0 Å². The molecule has 0 saturated heterocycles. The summed E-state index contributed by atoms with van der Waals surface area (Å²) in [6.07, 6.45) is 0. The monoisotopic (exact) mass is 442 g/mol. The van der Waals surface area contributed by atoms with E-state index in [0.29, 0.717) is 34.3 Å². The number of carbonyl (C=O) groups excluding carboxylic acids is 2. The molecule has 2 N–H and O–H groups in total. The second-order valence-electron chi connectivity index (χ2n) is 6.48. The third-order valence-corrected chi connectivity index (χ3v) is 5.06. The maximum Gasteiger partial charge on any atom is 0.277 e. The van der Waals surface area contributed by atoms with E-state index in [-0.39, 0.29) is 17.0 Å². The first-order valence-corrected chi connectivity index (χ1v) is 10.2. The second-order valence-corrected chi connectivity index (χ2v) is 7.77. The molecule has 31 heavy (non-hydrogen) atoms. The van der Waals surface area contributed by atoms with E-state index in [4.69, 9.17) is 13.9 Å². The van der Waals surface area contributed by atoms with Gasteiger partial charge in [0, 0.05) is 29.9 Å². The summed E-state index contributed by atoms with van der Waals surface area (Å²) in [4.78, 5) is 23.6. The molecule has 1 heterocycles. The van der Waals surface area contributed by atoms with E-state index in [2.05, 4.69) is 20.8 Å². The summed E-state index contributed by atoms with van der Waals surface area (Å²) in [5.74, 6) is 1.10. The van der Waals surface area contributed by atoms with Crippen molar-refractivity contribution in [2.45, 2.75) is 24.3 Å². The highest BCUT2D eigenvalue weighted by Gasteiger charge is 2.19. The van der Waals surface area contributed by atoms with Gasteiger partial charge in [0.15, 0.2) is 0 Å². The van der Waals surface area contributed by atoms with Gasteiger partial charge in [0.2, 0.25) is 17.7 Å². The Labute approximate surface area is 183 Å². The molecule has 0 saturated carbocycles. The first-order valence-electron chi connectivity index (χ1n) is 9.30. The Morgan fingerprint density at radius 3 is 2.10 bits per heavy atom. The van der Waals surface area contributed by atoms with Crippen LogP contribution in [0, 0.1) is 0 Å². The van der Waals surface area contributed by atoms with E-state index >= 15 is 0 Å². The highest BCUT2D eigenvalue weighted by atomic mass is 32.2. The number of hydrogen-bond donors (Lipinski definition) is 2. The lowest BCUT2D eigenvalue weighted by Gasteiger charge is -2.10. The van der Waals surface area contributed by atoms with Gasteiger partial charge in [-0.1, -0.05) is 11.8 Å². The number of anilines is 2. The molecule has 0 bridgehead atoms. The zero-order valence-corrected chi connectivity index (χ0v) is 18.3. The van der Waals surface area contributed by atoms with Crippen molar-refractivity contribution in [3.8, 4) is 23.0 Å². The number of aromatic nitrogens is 2. The minimum Gasteiger partial charge on any atom is -0.497 e. The molecular formula is C21H22N4O5S. The van der Waals surface area contributed by atoms with Gasteiger partial charge in [-0.2, -0.15) is 0 Å². The highest BCUT2D eigenvalue weighted by molar-refractivity contribution is 8.00. The number of nitrogens with zero attached hydrogens (tertiary/aromatic N) is 2. The van der Waals surface area contributed by atoms with Crippen molar-refractivity contribution in [1.82, 2.24) is 10.2 Å². The standard InChI is InChI=1S/C21H22N4O5S/c1-12(19(27)23-16-7-5-15(6-8-16)22-13(2)26)31-21-25-24-20(30-21)14-9-17(28-3)11-18(10-14)29-4/h5-12H,1-4H3,(H,22,26)(H,23,27). The molecule has 1 atom stereocenters. The molecule has 2 amide bonds. The molecule has 0 aliphatic carbocycles. The van der Waals surface area contributed by atoms with Crippen LogP contribution >= 0.6 is 11.8 Å².